The molecule has 2 aliphatic rings. The van der Waals surface area contributed by atoms with Gasteiger partial charge in [0.1, 0.15) is 5.82 Å². The number of amides is 1. The Hall–Kier alpha value is -2.84. The molecule has 4 rings (SSSR count). The van der Waals surface area contributed by atoms with Crippen molar-refractivity contribution in [2.24, 2.45) is 0 Å². The van der Waals surface area contributed by atoms with Crippen LogP contribution < -0.4 is 9.80 Å². The molecule has 0 atom stereocenters. The fourth-order valence-corrected chi connectivity index (χ4v) is 3.91. The van der Waals surface area contributed by atoms with Gasteiger partial charge in [-0.25, -0.2) is 4.98 Å². The molecule has 160 valence electrons. The Labute approximate surface area is 173 Å². The SMILES string of the molecule is Cc1cc(N2CCCC2)nc(N2CCN(C(=O)c3cccc(C(F)(F)F)c3)CC2)n1. The molecule has 0 radical (unpaired) electrons. The number of hydrogen-bond donors (Lipinski definition) is 0. The van der Waals surface area contributed by atoms with Crippen molar-refractivity contribution < 1.29 is 18.0 Å². The smallest absolute Gasteiger partial charge is 0.356 e. The largest absolute Gasteiger partial charge is 0.416 e. The van der Waals surface area contributed by atoms with Gasteiger partial charge >= 0.3 is 6.18 Å². The van der Waals surface area contributed by atoms with Gasteiger partial charge in [0.25, 0.3) is 5.91 Å². The molecule has 0 aliphatic carbocycles. The molecule has 3 heterocycles. The molecule has 2 aliphatic heterocycles. The molecular weight excluding hydrogens is 395 g/mol. The zero-order valence-electron chi connectivity index (χ0n) is 16.8. The zero-order valence-corrected chi connectivity index (χ0v) is 16.8. The van der Waals surface area contributed by atoms with Crippen LogP contribution in [-0.4, -0.2) is 60.0 Å². The number of aryl methyl sites for hydroxylation is 1. The van der Waals surface area contributed by atoms with Gasteiger partial charge in [0, 0.05) is 56.6 Å². The minimum atomic E-state index is -4.47. The highest BCUT2D eigenvalue weighted by Crippen LogP contribution is 2.30. The molecule has 2 saturated heterocycles. The van der Waals surface area contributed by atoms with Gasteiger partial charge in [-0.15, -0.1) is 0 Å². The lowest BCUT2D eigenvalue weighted by atomic mass is 10.1. The Kier molecular flexibility index (Phi) is 5.53. The minimum absolute atomic E-state index is 0.0569. The van der Waals surface area contributed by atoms with Gasteiger partial charge in [0.15, 0.2) is 0 Å². The van der Waals surface area contributed by atoms with Crippen LogP contribution in [0.3, 0.4) is 0 Å². The molecule has 0 N–H and O–H groups in total. The molecule has 1 aromatic carbocycles. The molecular formula is C21H24F3N5O. The third kappa shape index (κ3) is 4.34. The number of anilines is 2. The van der Waals surface area contributed by atoms with Gasteiger partial charge in [-0.2, -0.15) is 18.2 Å². The van der Waals surface area contributed by atoms with Crippen molar-refractivity contribution in [1.29, 1.82) is 0 Å². The van der Waals surface area contributed by atoms with Crippen LogP contribution in [0.4, 0.5) is 24.9 Å². The molecule has 1 amide bonds. The van der Waals surface area contributed by atoms with Gasteiger partial charge in [0.05, 0.1) is 5.56 Å². The predicted molar refractivity (Wildman–Crippen MR) is 108 cm³/mol. The van der Waals surface area contributed by atoms with Crippen molar-refractivity contribution in [3.05, 3.63) is 47.2 Å². The number of aromatic nitrogens is 2. The van der Waals surface area contributed by atoms with Crippen molar-refractivity contribution in [2.75, 3.05) is 49.1 Å². The summed E-state index contributed by atoms with van der Waals surface area (Å²) in [6.45, 7) is 5.82. The van der Waals surface area contributed by atoms with Crippen LogP contribution in [0.15, 0.2) is 30.3 Å². The maximum absolute atomic E-state index is 12.9. The van der Waals surface area contributed by atoms with Crippen LogP contribution in [0.25, 0.3) is 0 Å². The highest BCUT2D eigenvalue weighted by Gasteiger charge is 2.32. The Bertz CT molecular complexity index is 919. The molecule has 0 saturated carbocycles. The maximum Gasteiger partial charge on any atom is 0.416 e. The van der Waals surface area contributed by atoms with E-state index in [9.17, 15) is 18.0 Å². The number of benzene rings is 1. The summed E-state index contributed by atoms with van der Waals surface area (Å²) in [6.07, 6.45) is -2.14. The lowest BCUT2D eigenvalue weighted by molar-refractivity contribution is -0.137. The Morgan fingerprint density at radius 2 is 1.63 bits per heavy atom. The molecule has 0 bridgehead atoms. The summed E-state index contributed by atoms with van der Waals surface area (Å²) in [5.74, 6) is 1.18. The topological polar surface area (TPSA) is 52.6 Å². The molecule has 2 fully saturated rings. The normalized spacial score (nSPS) is 17.5. The molecule has 2 aromatic rings. The lowest BCUT2D eigenvalue weighted by Crippen LogP contribution is -2.49. The average molecular weight is 419 g/mol. The maximum atomic E-state index is 12.9. The summed E-state index contributed by atoms with van der Waals surface area (Å²) in [7, 11) is 0. The molecule has 0 unspecified atom stereocenters. The van der Waals surface area contributed by atoms with Gasteiger partial charge in [-0.3, -0.25) is 4.79 Å². The van der Waals surface area contributed by atoms with E-state index < -0.39 is 11.7 Å². The van der Waals surface area contributed by atoms with Crippen LogP contribution in [0.1, 0.15) is 34.5 Å². The Morgan fingerprint density at radius 1 is 0.933 bits per heavy atom. The van der Waals surface area contributed by atoms with E-state index in [1.54, 1.807) is 4.90 Å². The van der Waals surface area contributed by atoms with Crippen LogP contribution in [-0.2, 0) is 6.18 Å². The minimum Gasteiger partial charge on any atom is -0.356 e. The van der Waals surface area contributed by atoms with Gasteiger partial charge in [-0.1, -0.05) is 6.07 Å². The van der Waals surface area contributed by atoms with Crippen LogP contribution >= 0.6 is 0 Å². The van der Waals surface area contributed by atoms with E-state index in [2.05, 4.69) is 9.88 Å². The second kappa shape index (κ2) is 8.12. The van der Waals surface area contributed by atoms with Crippen LogP contribution in [0.2, 0.25) is 0 Å². The summed E-state index contributed by atoms with van der Waals surface area (Å²) in [6, 6.07) is 6.58. The predicted octanol–water partition coefficient (Wildman–Crippen LogP) is 3.37. The number of carbonyl (C=O) groups excluding carboxylic acids is 1. The van der Waals surface area contributed by atoms with E-state index in [1.807, 2.05) is 17.9 Å². The molecule has 6 nitrogen and oxygen atoms in total. The third-order valence-electron chi connectivity index (χ3n) is 5.55. The second-order valence-electron chi connectivity index (χ2n) is 7.72. The number of rotatable bonds is 3. The Balaban J connectivity index is 1.43. The fraction of sp³-hybridized carbons (Fsp3) is 0.476. The first-order valence-electron chi connectivity index (χ1n) is 10.1. The molecule has 9 heteroatoms. The zero-order chi connectivity index (χ0) is 21.3. The summed E-state index contributed by atoms with van der Waals surface area (Å²) in [4.78, 5) is 27.9. The first-order valence-corrected chi connectivity index (χ1v) is 10.1. The van der Waals surface area contributed by atoms with E-state index in [4.69, 9.17) is 4.98 Å². The molecule has 30 heavy (non-hydrogen) atoms. The summed E-state index contributed by atoms with van der Waals surface area (Å²) in [5, 5.41) is 0. The van der Waals surface area contributed by atoms with Crippen molar-refractivity contribution in [1.82, 2.24) is 14.9 Å². The van der Waals surface area contributed by atoms with Gasteiger partial charge in [0.2, 0.25) is 5.95 Å². The van der Waals surface area contributed by atoms with E-state index in [0.717, 1.165) is 49.6 Å². The first-order chi connectivity index (χ1) is 14.3. The van der Waals surface area contributed by atoms with Crippen molar-refractivity contribution >= 4 is 17.7 Å². The molecule has 1 aromatic heterocycles. The number of piperazine rings is 1. The third-order valence-corrected chi connectivity index (χ3v) is 5.55. The number of nitrogens with zero attached hydrogens (tertiary/aromatic N) is 5. The number of alkyl halides is 3. The van der Waals surface area contributed by atoms with Gasteiger partial charge < -0.3 is 14.7 Å². The second-order valence-corrected chi connectivity index (χ2v) is 7.72. The van der Waals surface area contributed by atoms with Crippen molar-refractivity contribution in [3.63, 3.8) is 0 Å². The quantitative estimate of drug-likeness (QED) is 0.764. The standard InChI is InChI=1S/C21H24F3N5O/c1-15-13-18(27-7-2-3-8-27)26-20(25-15)29-11-9-28(10-12-29)19(30)16-5-4-6-17(14-16)21(22,23)24/h4-6,13-14H,2-3,7-12H2,1H3. The number of carbonyl (C=O) groups is 1. The molecule has 0 spiro atoms. The lowest BCUT2D eigenvalue weighted by Gasteiger charge is -2.35. The van der Waals surface area contributed by atoms with E-state index >= 15 is 0 Å². The van der Waals surface area contributed by atoms with Crippen LogP contribution in [0.5, 0.6) is 0 Å². The highest BCUT2D eigenvalue weighted by molar-refractivity contribution is 5.94. The van der Waals surface area contributed by atoms with Crippen molar-refractivity contribution in [3.8, 4) is 0 Å². The van der Waals surface area contributed by atoms with E-state index in [0.29, 0.717) is 32.1 Å². The fourth-order valence-electron chi connectivity index (χ4n) is 3.91. The number of hydrogen-bond acceptors (Lipinski definition) is 5. The summed E-state index contributed by atoms with van der Waals surface area (Å²) in [5.41, 5.74) is 0.139. The van der Waals surface area contributed by atoms with Gasteiger partial charge in [-0.05, 0) is 38.0 Å². The van der Waals surface area contributed by atoms with E-state index in [1.165, 1.54) is 12.1 Å². The Morgan fingerprint density at radius 3 is 2.30 bits per heavy atom. The summed E-state index contributed by atoms with van der Waals surface area (Å²) >= 11 is 0. The first kappa shape index (κ1) is 20.4. The summed E-state index contributed by atoms with van der Waals surface area (Å²) < 4.78 is 38.8. The van der Waals surface area contributed by atoms with Crippen LogP contribution in [0, 0.1) is 6.92 Å². The highest BCUT2D eigenvalue weighted by atomic mass is 19.4. The van der Waals surface area contributed by atoms with Crippen molar-refractivity contribution in [2.45, 2.75) is 25.9 Å². The monoisotopic (exact) mass is 419 g/mol. The van der Waals surface area contributed by atoms with E-state index in [-0.39, 0.29) is 11.5 Å². The average Bonchev–Trinajstić information content (AvgIpc) is 3.27. The number of halogens is 3.